The van der Waals surface area contributed by atoms with Gasteiger partial charge < -0.3 is 10.2 Å². The first kappa shape index (κ1) is 18.4. The Hall–Kier alpha value is -2.43. The topological polar surface area (TPSA) is 58.1 Å². The Morgan fingerprint density at radius 2 is 2.04 bits per heavy atom. The van der Waals surface area contributed by atoms with Crippen LogP contribution in [0.4, 0.5) is 5.82 Å². The van der Waals surface area contributed by atoms with Gasteiger partial charge in [0.25, 0.3) is 0 Å². The average Bonchev–Trinajstić information content (AvgIpc) is 2.67. The highest BCUT2D eigenvalue weighted by Gasteiger charge is 2.26. The van der Waals surface area contributed by atoms with Crippen LogP contribution in [0.5, 0.6) is 0 Å². The summed E-state index contributed by atoms with van der Waals surface area (Å²) in [6.07, 6.45) is 1.94. The third kappa shape index (κ3) is 4.40. The van der Waals surface area contributed by atoms with E-state index in [0.717, 1.165) is 43.0 Å². The van der Waals surface area contributed by atoms with Crippen LogP contribution in [0.1, 0.15) is 32.3 Å². The maximum absolute atomic E-state index is 12.4. The summed E-state index contributed by atoms with van der Waals surface area (Å²) < 4.78 is 0. The van der Waals surface area contributed by atoms with Crippen molar-refractivity contribution in [1.82, 2.24) is 15.5 Å². The first-order valence-corrected chi connectivity index (χ1v) is 9.47. The van der Waals surface area contributed by atoms with Crippen molar-refractivity contribution in [1.29, 1.82) is 0 Å². The highest BCUT2D eigenvalue weighted by atomic mass is 16.1. The van der Waals surface area contributed by atoms with E-state index in [1.807, 2.05) is 24.3 Å². The third-order valence-corrected chi connectivity index (χ3v) is 4.87. The smallest absolute Gasteiger partial charge is 0.224 e. The predicted octanol–water partition coefficient (Wildman–Crippen LogP) is 3.44. The fourth-order valence-corrected chi connectivity index (χ4v) is 3.35. The van der Waals surface area contributed by atoms with Crippen molar-refractivity contribution in [2.24, 2.45) is 11.8 Å². The van der Waals surface area contributed by atoms with E-state index >= 15 is 0 Å². The zero-order chi connectivity index (χ0) is 18.5. The van der Waals surface area contributed by atoms with Gasteiger partial charge in [0.2, 0.25) is 5.91 Å². The Morgan fingerprint density at radius 3 is 2.73 bits per heavy atom. The number of nitrogens with zero attached hydrogens (tertiary/aromatic N) is 3. The molecule has 1 N–H and O–H groups in total. The second kappa shape index (κ2) is 8.30. The molecule has 0 aliphatic carbocycles. The number of piperidine rings is 1. The van der Waals surface area contributed by atoms with Gasteiger partial charge in [-0.05, 0) is 43.4 Å². The molecule has 1 aromatic carbocycles. The van der Waals surface area contributed by atoms with Crippen LogP contribution >= 0.6 is 0 Å². The van der Waals surface area contributed by atoms with Crippen molar-refractivity contribution in [3.63, 3.8) is 0 Å². The molecule has 1 aliphatic rings. The van der Waals surface area contributed by atoms with Gasteiger partial charge in [-0.2, -0.15) is 0 Å². The summed E-state index contributed by atoms with van der Waals surface area (Å²) in [5.41, 5.74) is 3.18. The van der Waals surface area contributed by atoms with Gasteiger partial charge in [-0.1, -0.05) is 38.1 Å². The van der Waals surface area contributed by atoms with Crippen LogP contribution in [0, 0.1) is 18.8 Å². The standard InChI is InChI=1S/C21H28N4O/c1-15(2)13-22-21(26)17-8-6-12-25(14-17)20-11-10-19(23-24-20)18-9-5-4-7-16(18)3/h4-5,7,9-11,15,17H,6,8,12-14H2,1-3H3,(H,22,26). The van der Waals surface area contributed by atoms with E-state index in [0.29, 0.717) is 12.5 Å². The molecule has 1 atom stereocenters. The molecule has 138 valence electrons. The van der Waals surface area contributed by atoms with Crippen LogP contribution in [-0.4, -0.2) is 35.7 Å². The Labute approximate surface area is 155 Å². The van der Waals surface area contributed by atoms with Crippen molar-refractivity contribution < 1.29 is 4.79 Å². The first-order chi connectivity index (χ1) is 12.5. The second-order valence-electron chi connectivity index (χ2n) is 7.52. The SMILES string of the molecule is Cc1ccccc1-c1ccc(N2CCCC(C(=O)NCC(C)C)C2)nn1. The molecule has 26 heavy (non-hydrogen) atoms. The fourth-order valence-electron chi connectivity index (χ4n) is 3.35. The number of anilines is 1. The minimum atomic E-state index is 0.0281. The molecule has 2 heterocycles. The van der Waals surface area contributed by atoms with Crippen molar-refractivity contribution in [3.8, 4) is 11.3 Å². The highest BCUT2D eigenvalue weighted by Crippen LogP contribution is 2.24. The van der Waals surface area contributed by atoms with E-state index in [1.54, 1.807) is 0 Å². The Bertz CT molecular complexity index is 742. The summed E-state index contributed by atoms with van der Waals surface area (Å²) in [5, 5.41) is 11.9. The lowest BCUT2D eigenvalue weighted by Crippen LogP contribution is -2.44. The van der Waals surface area contributed by atoms with Gasteiger partial charge >= 0.3 is 0 Å². The van der Waals surface area contributed by atoms with Gasteiger partial charge in [0.15, 0.2) is 5.82 Å². The molecule has 1 amide bonds. The van der Waals surface area contributed by atoms with Crippen molar-refractivity contribution in [3.05, 3.63) is 42.0 Å². The normalized spacial score (nSPS) is 17.4. The number of carbonyl (C=O) groups is 1. The van der Waals surface area contributed by atoms with E-state index in [-0.39, 0.29) is 11.8 Å². The summed E-state index contributed by atoms with van der Waals surface area (Å²) in [7, 11) is 0. The maximum atomic E-state index is 12.4. The number of hydrogen-bond acceptors (Lipinski definition) is 4. The number of hydrogen-bond donors (Lipinski definition) is 1. The zero-order valence-electron chi connectivity index (χ0n) is 15.9. The van der Waals surface area contributed by atoms with Crippen molar-refractivity contribution >= 4 is 11.7 Å². The number of nitrogens with one attached hydrogen (secondary N) is 1. The molecule has 1 fully saturated rings. The van der Waals surface area contributed by atoms with Gasteiger partial charge in [0, 0.05) is 25.2 Å². The minimum absolute atomic E-state index is 0.0281. The van der Waals surface area contributed by atoms with Gasteiger partial charge in [0.1, 0.15) is 0 Å². The first-order valence-electron chi connectivity index (χ1n) is 9.47. The number of aromatic nitrogens is 2. The molecule has 0 saturated carbocycles. The molecule has 1 saturated heterocycles. The lowest BCUT2D eigenvalue weighted by molar-refractivity contribution is -0.125. The number of amides is 1. The summed E-state index contributed by atoms with van der Waals surface area (Å²) in [5.74, 6) is 1.51. The Balaban J connectivity index is 1.67. The molecule has 0 radical (unpaired) electrons. The van der Waals surface area contributed by atoms with E-state index in [2.05, 4.69) is 53.3 Å². The van der Waals surface area contributed by atoms with Crippen molar-refractivity contribution in [2.75, 3.05) is 24.5 Å². The summed E-state index contributed by atoms with van der Waals surface area (Å²) in [4.78, 5) is 14.6. The molecular weight excluding hydrogens is 324 g/mol. The quantitative estimate of drug-likeness (QED) is 0.895. The molecule has 1 aliphatic heterocycles. The average molecular weight is 352 g/mol. The van der Waals surface area contributed by atoms with Gasteiger partial charge in [-0.3, -0.25) is 4.79 Å². The van der Waals surface area contributed by atoms with Crippen LogP contribution in [0.2, 0.25) is 0 Å². The molecule has 1 aromatic heterocycles. The molecule has 0 spiro atoms. The Kier molecular flexibility index (Phi) is 5.86. The third-order valence-electron chi connectivity index (χ3n) is 4.87. The lowest BCUT2D eigenvalue weighted by Gasteiger charge is -2.32. The van der Waals surface area contributed by atoms with Crippen LogP contribution in [-0.2, 0) is 4.79 Å². The Morgan fingerprint density at radius 1 is 1.23 bits per heavy atom. The summed E-state index contributed by atoms with van der Waals surface area (Å²) in [6, 6.07) is 12.2. The molecule has 2 aromatic rings. The van der Waals surface area contributed by atoms with Crippen LogP contribution < -0.4 is 10.2 Å². The largest absolute Gasteiger partial charge is 0.356 e. The molecule has 5 heteroatoms. The zero-order valence-corrected chi connectivity index (χ0v) is 15.9. The number of rotatable bonds is 5. The maximum Gasteiger partial charge on any atom is 0.224 e. The van der Waals surface area contributed by atoms with Crippen LogP contribution in [0.25, 0.3) is 11.3 Å². The number of aryl methyl sites for hydroxylation is 1. The second-order valence-corrected chi connectivity index (χ2v) is 7.52. The molecule has 0 bridgehead atoms. The summed E-state index contributed by atoms with van der Waals surface area (Å²) in [6.45, 7) is 8.67. The number of benzene rings is 1. The van der Waals surface area contributed by atoms with Gasteiger partial charge in [0.05, 0.1) is 11.6 Å². The number of carbonyl (C=O) groups excluding carboxylic acids is 1. The van der Waals surface area contributed by atoms with E-state index in [9.17, 15) is 4.79 Å². The molecule has 5 nitrogen and oxygen atoms in total. The minimum Gasteiger partial charge on any atom is -0.356 e. The van der Waals surface area contributed by atoms with Crippen molar-refractivity contribution in [2.45, 2.75) is 33.6 Å². The van der Waals surface area contributed by atoms with Crippen LogP contribution in [0.3, 0.4) is 0 Å². The fraction of sp³-hybridized carbons (Fsp3) is 0.476. The predicted molar refractivity (Wildman–Crippen MR) is 105 cm³/mol. The highest BCUT2D eigenvalue weighted by molar-refractivity contribution is 5.79. The van der Waals surface area contributed by atoms with E-state index in [4.69, 9.17) is 0 Å². The lowest BCUT2D eigenvalue weighted by atomic mass is 9.97. The summed E-state index contributed by atoms with van der Waals surface area (Å²) >= 11 is 0. The van der Waals surface area contributed by atoms with Crippen LogP contribution in [0.15, 0.2) is 36.4 Å². The molecule has 3 rings (SSSR count). The van der Waals surface area contributed by atoms with E-state index < -0.39 is 0 Å². The van der Waals surface area contributed by atoms with Gasteiger partial charge in [-0.25, -0.2) is 0 Å². The van der Waals surface area contributed by atoms with E-state index in [1.165, 1.54) is 5.56 Å². The van der Waals surface area contributed by atoms with Gasteiger partial charge in [-0.15, -0.1) is 10.2 Å². The molecular formula is C21H28N4O. The molecule has 1 unspecified atom stereocenters. The monoisotopic (exact) mass is 352 g/mol.